The molecule has 0 aliphatic carbocycles. The number of aromatic nitrogens is 5. The van der Waals surface area contributed by atoms with Crippen LogP contribution in [-0.4, -0.2) is 62.7 Å². The highest BCUT2D eigenvalue weighted by Crippen LogP contribution is 2.35. The first-order valence-electron chi connectivity index (χ1n) is 11.7. The number of hydrogen-bond donors (Lipinski definition) is 2. The summed E-state index contributed by atoms with van der Waals surface area (Å²) in [6.45, 7) is 6.36. The molecule has 2 saturated heterocycles. The molecule has 1 aromatic carbocycles. The highest BCUT2D eigenvalue weighted by molar-refractivity contribution is 5.95. The Kier molecular flexibility index (Phi) is 5.06. The number of nitrogens with zero attached hydrogens (tertiary/aromatic N) is 5. The van der Waals surface area contributed by atoms with Crippen molar-refractivity contribution in [2.24, 2.45) is 0 Å². The van der Waals surface area contributed by atoms with E-state index < -0.39 is 0 Å². The lowest BCUT2D eigenvalue weighted by Gasteiger charge is -2.34. The number of amides is 1. The second-order valence-corrected chi connectivity index (χ2v) is 9.16. The second kappa shape index (κ2) is 8.25. The topological polar surface area (TPSA) is 101 Å². The molecule has 0 spiro atoms. The molecule has 34 heavy (non-hydrogen) atoms. The van der Waals surface area contributed by atoms with E-state index in [1.165, 1.54) is 5.56 Å². The van der Waals surface area contributed by atoms with Crippen molar-refractivity contribution in [3.8, 4) is 16.9 Å². The van der Waals surface area contributed by atoms with Crippen molar-refractivity contribution in [3.63, 3.8) is 0 Å². The first-order chi connectivity index (χ1) is 16.6. The van der Waals surface area contributed by atoms with Crippen molar-refractivity contribution in [2.45, 2.75) is 38.3 Å². The van der Waals surface area contributed by atoms with Crippen LogP contribution in [0.5, 0.6) is 0 Å². The Labute approximate surface area is 197 Å². The summed E-state index contributed by atoms with van der Waals surface area (Å²) in [4.78, 5) is 19.2. The first-order valence-corrected chi connectivity index (χ1v) is 11.7. The van der Waals surface area contributed by atoms with E-state index in [9.17, 15) is 4.79 Å². The molecule has 0 bridgehead atoms. The number of carbonyl (C=O) groups excluding carboxylic acids is 1. The predicted octanol–water partition coefficient (Wildman–Crippen LogP) is 3.03. The van der Waals surface area contributed by atoms with E-state index >= 15 is 0 Å². The van der Waals surface area contributed by atoms with Crippen molar-refractivity contribution >= 4 is 22.8 Å². The van der Waals surface area contributed by atoms with Crippen LogP contribution < -0.4 is 10.2 Å². The maximum atomic E-state index is 11.8. The van der Waals surface area contributed by atoms with E-state index in [4.69, 9.17) is 9.72 Å². The smallest absolute Gasteiger partial charge is 0.220 e. The number of pyridine rings is 1. The molecular weight excluding hydrogens is 430 g/mol. The standard InChI is InChI=1S/C25H27N7O2/c1-15-14-34-10-9-31(15)23-11-20(21-13-27-32(25(21)29-23)22-7-8-26-30-22)18-5-3-17(4-6-18)19-12-24(33)28-16(19)2/h3-8,11,13,15-16,19H,9-10,12,14H2,1-2H3,(H,26,30)(H,28,33)/t15-,16?,19?/m1/s1. The molecular formula is C25H27N7O2. The number of anilines is 1. The van der Waals surface area contributed by atoms with Crippen molar-refractivity contribution in [2.75, 3.05) is 24.7 Å². The third-order valence-corrected chi connectivity index (χ3v) is 6.94. The molecule has 6 rings (SSSR count). The van der Waals surface area contributed by atoms with E-state index in [0.717, 1.165) is 34.5 Å². The molecule has 2 aliphatic heterocycles. The maximum Gasteiger partial charge on any atom is 0.220 e. The lowest BCUT2D eigenvalue weighted by molar-refractivity contribution is -0.119. The third kappa shape index (κ3) is 3.52. The summed E-state index contributed by atoms with van der Waals surface area (Å²) in [7, 11) is 0. The minimum Gasteiger partial charge on any atom is -0.377 e. The molecule has 5 heterocycles. The van der Waals surface area contributed by atoms with Crippen LogP contribution in [0.3, 0.4) is 0 Å². The molecule has 2 unspecified atom stereocenters. The van der Waals surface area contributed by atoms with Crippen molar-refractivity contribution in [1.82, 2.24) is 30.3 Å². The van der Waals surface area contributed by atoms with Gasteiger partial charge in [0.1, 0.15) is 5.82 Å². The molecule has 3 atom stereocenters. The van der Waals surface area contributed by atoms with Crippen LogP contribution in [-0.2, 0) is 9.53 Å². The number of H-pyrrole nitrogens is 1. The van der Waals surface area contributed by atoms with Crippen LogP contribution in [0.4, 0.5) is 5.82 Å². The average Bonchev–Trinajstić information content (AvgIpc) is 3.58. The molecule has 0 saturated carbocycles. The molecule has 2 fully saturated rings. The van der Waals surface area contributed by atoms with Gasteiger partial charge in [-0.2, -0.15) is 14.9 Å². The molecule has 9 heteroatoms. The van der Waals surface area contributed by atoms with Gasteiger partial charge in [-0.15, -0.1) is 0 Å². The summed E-state index contributed by atoms with van der Waals surface area (Å²) in [5, 5.41) is 15.8. The van der Waals surface area contributed by atoms with Crippen molar-refractivity contribution in [1.29, 1.82) is 0 Å². The molecule has 2 N–H and O–H groups in total. The first kappa shape index (κ1) is 20.9. The van der Waals surface area contributed by atoms with Gasteiger partial charge in [0.15, 0.2) is 11.5 Å². The number of hydrogen-bond acceptors (Lipinski definition) is 6. The van der Waals surface area contributed by atoms with Crippen LogP contribution in [0.15, 0.2) is 48.8 Å². The van der Waals surface area contributed by atoms with Gasteiger partial charge in [0.2, 0.25) is 5.91 Å². The number of aromatic amines is 1. The fourth-order valence-electron chi connectivity index (χ4n) is 5.09. The SMILES string of the molecule is CC1NC(=O)CC1c1ccc(-c2cc(N3CCOC[C@H]3C)nc3c2cnn3-c2cc[nH]n2)cc1. The Balaban J connectivity index is 1.46. The van der Waals surface area contributed by atoms with Crippen LogP contribution >= 0.6 is 0 Å². The summed E-state index contributed by atoms with van der Waals surface area (Å²) >= 11 is 0. The predicted molar refractivity (Wildman–Crippen MR) is 129 cm³/mol. The highest BCUT2D eigenvalue weighted by atomic mass is 16.5. The lowest BCUT2D eigenvalue weighted by Crippen LogP contribution is -2.44. The number of rotatable bonds is 4. The lowest BCUT2D eigenvalue weighted by atomic mass is 9.91. The number of carbonyl (C=O) groups is 1. The fourth-order valence-corrected chi connectivity index (χ4v) is 5.09. The minimum absolute atomic E-state index is 0.118. The summed E-state index contributed by atoms with van der Waals surface area (Å²) < 4.78 is 7.42. The molecule has 0 radical (unpaired) electrons. The monoisotopic (exact) mass is 457 g/mol. The number of morpholine rings is 1. The van der Waals surface area contributed by atoms with Gasteiger partial charge in [-0.05, 0) is 36.6 Å². The van der Waals surface area contributed by atoms with E-state index in [0.29, 0.717) is 25.5 Å². The van der Waals surface area contributed by atoms with Gasteiger partial charge >= 0.3 is 0 Å². The molecule has 174 valence electrons. The Morgan fingerprint density at radius 2 is 1.97 bits per heavy atom. The average molecular weight is 458 g/mol. The van der Waals surface area contributed by atoms with Gasteiger partial charge in [0.05, 0.1) is 25.5 Å². The number of benzene rings is 1. The van der Waals surface area contributed by atoms with Crippen molar-refractivity contribution in [3.05, 3.63) is 54.4 Å². The van der Waals surface area contributed by atoms with Gasteiger partial charge in [-0.1, -0.05) is 24.3 Å². The van der Waals surface area contributed by atoms with Crippen molar-refractivity contribution < 1.29 is 9.53 Å². The summed E-state index contributed by atoms with van der Waals surface area (Å²) in [5.41, 5.74) is 4.10. The van der Waals surface area contributed by atoms with Gasteiger partial charge < -0.3 is 15.0 Å². The Hall–Kier alpha value is -3.72. The number of fused-ring (bicyclic) bond motifs is 1. The zero-order valence-electron chi connectivity index (χ0n) is 19.2. The summed E-state index contributed by atoms with van der Waals surface area (Å²) in [6.07, 6.45) is 4.17. The number of nitrogens with one attached hydrogen (secondary N) is 2. The zero-order valence-corrected chi connectivity index (χ0v) is 19.2. The van der Waals surface area contributed by atoms with E-state index in [2.05, 4.69) is 69.7 Å². The molecule has 3 aromatic heterocycles. The third-order valence-electron chi connectivity index (χ3n) is 6.94. The van der Waals surface area contributed by atoms with Crippen LogP contribution in [0, 0.1) is 0 Å². The Bertz CT molecular complexity index is 1330. The van der Waals surface area contributed by atoms with Crippen LogP contribution in [0.1, 0.15) is 31.7 Å². The van der Waals surface area contributed by atoms with Gasteiger partial charge in [0.25, 0.3) is 0 Å². The molecule has 4 aromatic rings. The van der Waals surface area contributed by atoms with Gasteiger partial charge in [-0.3, -0.25) is 9.89 Å². The molecule has 2 aliphatic rings. The van der Waals surface area contributed by atoms with Gasteiger partial charge in [-0.25, -0.2) is 4.98 Å². The van der Waals surface area contributed by atoms with E-state index in [-0.39, 0.29) is 23.9 Å². The van der Waals surface area contributed by atoms with Crippen LogP contribution in [0.2, 0.25) is 0 Å². The zero-order chi connectivity index (χ0) is 23.2. The fraction of sp³-hybridized carbons (Fsp3) is 0.360. The summed E-state index contributed by atoms with van der Waals surface area (Å²) in [5.74, 6) is 1.92. The minimum atomic E-state index is 0.118. The second-order valence-electron chi connectivity index (χ2n) is 9.16. The normalized spacial score (nSPS) is 22.9. The molecule has 1 amide bonds. The van der Waals surface area contributed by atoms with Gasteiger partial charge in [0, 0.05) is 42.6 Å². The maximum absolute atomic E-state index is 11.8. The molecule has 9 nitrogen and oxygen atoms in total. The van der Waals surface area contributed by atoms with E-state index in [1.54, 1.807) is 10.9 Å². The van der Waals surface area contributed by atoms with Crippen LogP contribution in [0.25, 0.3) is 28.0 Å². The Morgan fingerprint density at radius 3 is 2.68 bits per heavy atom. The number of ether oxygens (including phenoxy) is 1. The van der Waals surface area contributed by atoms with E-state index in [1.807, 2.05) is 12.3 Å². The quantitative estimate of drug-likeness (QED) is 0.489. The summed E-state index contributed by atoms with van der Waals surface area (Å²) in [6, 6.07) is 13.0. The Morgan fingerprint density at radius 1 is 1.12 bits per heavy atom. The highest BCUT2D eigenvalue weighted by Gasteiger charge is 2.30. The largest absolute Gasteiger partial charge is 0.377 e.